The molecule has 1 saturated heterocycles. The average molecular weight is 380 g/mol. The maximum atomic E-state index is 13.0. The quantitative estimate of drug-likeness (QED) is 0.882. The normalized spacial score (nSPS) is 20.0. The monoisotopic (exact) mass is 380 g/mol. The Morgan fingerprint density at radius 1 is 1.25 bits per heavy atom. The van der Waals surface area contributed by atoms with E-state index in [-0.39, 0.29) is 18.4 Å². The van der Waals surface area contributed by atoms with E-state index < -0.39 is 0 Å². The minimum Gasteiger partial charge on any atom is -0.466 e. The molecule has 4 rings (SSSR count). The van der Waals surface area contributed by atoms with Crippen molar-refractivity contribution >= 4 is 17.5 Å². The van der Waals surface area contributed by atoms with Gasteiger partial charge in [0.1, 0.15) is 5.69 Å². The number of nitrogens with zero attached hydrogens (tertiary/aromatic N) is 3. The van der Waals surface area contributed by atoms with Crippen molar-refractivity contribution in [2.24, 2.45) is 5.92 Å². The fraction of sp³-hybridized carbons (Fsp3) is 0.381. The van der Waals surface area contributed by atoms with Gasteiger partial charge >= 0.3 is 0 Å². The van der Waals surface area contributed by atoms with Crippen LogP contribution < -0.4 is 10.1 Å². The topological polar surface area (TPSA) is 74.8 Å². The molecule has 2 aliphatic heterocycles. The van der Waals surface area contributed by atoms with Gasteiger partial charge in [-0.05, 0) is 17.5 Å². The number of hydrogen-bond donors (Lipinski definition) is 1. The molecule has 146 valence electrons. The third-order valence-electron chi connectivity index (χ3n) is 5.04. The number of amides is 2. The van der Waals surface area contributed by atoms with Gasteiger partial charge in [-0.2, -0.15) is 0 Å². The van der Waals surface area contributed by atoms with Crippen molar-refractivity contribution in [3.8, 4) is 5.88 Å². The molecule has 3 heterocycles. The van der Waals surface area contributed by atoms with Crippen LogP contribution in [-0.2, 0) is 11.3 Å². The molecule has 1 aromatic heterocycles. The Morgan fingerprint density at radius 3 is 2.89 bits per heavy atom. The van der Waals surface area contributed by atoms with Gasteiger partial charge in [0.2, 0.25) is 5.88 Å². The van der Waals surface area contributed by atoms with Crippen LogP contribution in [0.25, 0.3) is 0 Å². The van der Waals surface area contributed by atoms with E-state index in [0.29, 0.717) is 36.1 Å². The maximum absolute atomic E-state index is 13.0. The van der Waals surface area contributed by atoms with E-state index in [1.54, 1.807) is 6.07 Å². The second-order valence-corrected chi connectivity index (χ2v) is 7.49. The van der Waals surface area contributed by atoms with Crippen molar-refractivity contribution in [3.05, 3.63) is 53.7 Å². The van der Waals surface area contributed by atoms with E-state index in [1.807, 2.05) is 11.0 Å². The van der Waals surface area contributed by atoms with Gasteiger partial charge in [-0.1, -0.05) is 37.3 Å². The summed E-state index contributed by atoms with van der Waals surface area (Å²) in [5, 5.41) is 2.71. The van der Waals surface area contributed by atoms with E-state index in [2.05, 4.69) is 46.4 Å². The summed E-state index contributed by atoms with van der Waals surface area (Å²) < 4.78 is 5.27. The van der Waals surface area contributed by atoms with Gasteiger partial charge in [0.05, 0.1) is 5.56 Å². The molecule has 2 amide bonds. The Kier molecular flexibility index (Phi) is 5.25. The van der Waals surface area contributed by atoms with E-state index in [9.17, 15) is 9.59 Å². The van der Waals surface area contributed by atoms with E-state index in [1.165, 1.54) is 11.8 Å². The highest BCUT2D eigenvalue weighted by Crippen LogP contribution is 2.26. The maximum Gasteiger partial charge on any atom is 0.262 e. The van der Waals surface area contributed by atoms with Crippen LogP contribution in [0, 0.1) is 5.92 Å². The minimum absolute atomic E-state index is 0.0474. The molecule has 1 aromatic carbocycles. The second-order valence-electron chi connectivity index (χ2n) is 7.49. The van der Waals surface area contributed by atoms with Crippen LogP contribution in [-0.4, -0.2) is 59.4 Å². The smallest absolute Gasteiger partial charge is 0.262 e. The van der Waals surface area contributed by atoms with Crippen molar-refractivity contribution in [2.45, 2.75) is 13.5 Å². The number of carbonyl (C=O) groups excluding carboxylic acids is 2. The minimum atomic E-state index is -0.237. The lowest BCUT2D eigenvalue weighted by atomic mass is 10.1. The summed E-state index contributed by atoms with van der Waals surface area (Å²) in [6, 6.07) is 12.0. The first-order valence-electron chi connectivity index (χ1n) is 9.57. The van der Waals surface area contributed by atoms with Crippen LogP contribution in [0.4, 0.5) is 5.69 Å². The molecule has 1 atom stereocenters. The van der Waals surface area contributed by atoms with Crippen molar-refractivity contribution in [1.29, 1.82) is 0 Å². The number of rotatable bonds is 3. The van der Waals surface area contributed by atoms with E-state index >= 15 is 0 Å². The highest BCUT2D eigenvalue weighted by Gasteiger charge is 2.26. The number of benzene rings is 1. The van der Waals surface area contributed by atoms with Crippen LogP contribution >= 0.6 is 0 Å². The summed E-state index contributed by atoms with van der Waals surface area (Å²) in [6.45, 7) is 6.14. The van der Waals surface area contributed by atoms with Gasteiger partial charge in [-0.15, -0.1) is 0 Å². The molecule has 7 nitrogen and oxygen atoms in total. The van der Waals surface area contributed by atoms with Crippen LogP contribution in [0.5, 0.6) is 5.88 Å². The summed E-state index contributed by atoms with van der Waals surface area (Å²) in [5.41, 5.74) is 2.20. The standard InChI is InChI=1S/C21H24N4O3/c1-15-11-24(13-16-5-3-2-4-6-16)7-8-25(12-15)21(27)17-9-18-20(22-10-17)28-14-19(26)23-18/h2-6,9-10,15H,7-8,11-14H2,1H3,(H,23,26). The Morgan fingerprint density at radius 2 is 2.07 bits per heavy atom. The van der Waals surface area contributed by atoms with Crippen LogP contribution in [0.15, 0.2) is 42.6 Å². The number of anilines is 1. The van der Waals surface area contributed by atoms with Gasteiger partial charge in [-0.3, -0.25) is 14.5 Å². The van der Waals surface area contributed by atoms with Crippen molar-refractivity contribution in [3.63, 3.8) is 0 Å². The number of ether oxygens (including phenoxy) is 1. The fourth-order valence-electron chi connectivity index (χ4n) is 3.77. The molecule has 1 N–H and O–H groups in total. The van der Waals surface area contributed by atoms with Gasteiger partial charge in [0.15, 0.2) is 6.61 Å². The lowest BCUT2D eigenvalue weighted by Crippen LogP contribution is -2.36. The number of hydrogen-bond acceptors (Lipinski definition) is 5. The third kappa shape index (κ3) is 4.14. The molecule has 1 unspecified atom stereocenters. The fourth-order valence-corrected chi connectivity index (χ4v) is 3.77. The molecule has 0 bridgehead atoms. The summed E-state index contributed by atoms with van der Waals surface area (Å²) in [6.07, 6.45) is 1.52. The Labute approximate surface area is 164 Å². The van der Waals surface area contributed by atoms with Crippen LogP contribution in [0.1, 0.15) is 22.8 Å². The van der Waals surface area contributed by atoms with Gasteiger partial charge < -0.3 is 15.0 Å². The number of pyridine rings is 1. The Balaban J connectivity index is 1.45. The van der Waals surface area contributed by atoms with Gasteiger partial charge in [0.25, 0.3) is 11.8 Å². The van der Waals surface area contributed by atoms with Gasteiger partial charge in [0, 0.05) is 38.9 Å². The van der Waals surface area contributed by atoms with Crippen molar-refractivity contribution < 1.29 is 14.3 Å². The predicted octanol–water partition coefficient (Wildman–Crippen LogP) is 2.01. The zero-order valence-corrected chi connectivity index (χ0v) is 15.9. The first kappa shape index (κ1) is 18.4. The molecule has 0 radical (unpaired) electrons. The summed E-state index contributed by atoms with van der Waals surface area (Å²) in [7, 11) is 0. The molecular formula is C21H24N4O3. The first-order valence-corrected chi connectivity index (χ1v) is 9.57. The SMILES string of the molecule is CC1CN(Cc2ccccc2)CCN(C(=O)c2cnc3c(c2)NC(=O)CO3)C1. The van der Waals surface area contributed by atoms with Crippen molar-refractivity contribution in [1.82, 2.24) is 14.8 Å². The molecule has 0 aliphatic carbocycles. The van der Waals surface area contributed by atoms with E-state index in [0.717, 1.165) is 19.6 Å². The van der Waals surface area contributed by atoms with E-state index in [4.69, 9.17) is 4.74 Å². The second kappa shape index (κ2) is 7.98. The highest BCUT2D eigenvalue weighted by molar-refractivity contribution is 5.99. The molecule has 0 spiro atoms. The summed E-state index contributed by atoms with van der Waals surface area (Å²) in [5.74, 6) is 0.417. The zero-order valence-electron chi connectivity index (χ0n) is 15.9. The lowest BCUT2D eigenvalue weighted by Gasteiger charge is -2.23. The van der Waals surface area contributed by atoms with Gasteiger partial charge in [-0.25, -0.2) is 4.98 Å². The largest absolute Gasteiger partial charge is 0.466 e. The zero-order chi connectivity index (χ0) is 19.5. The molecule has 7 heteroatoms. The first-order chi connectivity index (χ1) is 13.6. The summed E-state index contributed by atoms with van der Waals surface area (Å²) >= 11 is 0. The molecule has 2 aliphatic rings. The van der Waals surface area contributed by atoms with Crippen molar-refractivity contribution in [2.75, 3.05) is 38.1 Å². The Hall–Kier alpha value is -2.93. The molecule has 0 saturated carbocycles. The predicted molar refractivity (Wildman–Crippen MR) is 105 cm³/mol. The summed E-state index contributed by atoms with van der Waals surface area (Å²) in [4.78, 5) is 33.0. The molecule has 28 heavy (non-hydrogen) atoms. The Bertz CT molecular complexity index is 871. The average Bonchev–Trinajstić information content (AvgIpc) is 2.88. The highest BCUT2D eigenvalue weighted by atomic mass is 16.5. The van der Waals surface area contributed by atoms with Crippen LogP contribution in [0.3, 0.4) is 0 Å². The third-order valence-corrected chi connectivity index (χ3v) is 5.04. The number of aromatic nitrogens is 1. The number of fused-ring (bicyclic) bond motifs is 1. The molecule has 1 fully saturated rings. The lowest BCUT2D eigenvalue weighted by molar-refractivity contribution is -0.118. The number of nitrogens with one attached hydrogen (secondary N) is 1. The molecular weight excluding hydrogens is 356 g/mol. The van der Waals surface area contributed by atoms with Crippen LogP contribution in [0.2, 0.25) is 0 Å². The number of carbonyl (C=O) groups is 2. The molecule has 2 aromatic rings.